The third-order valence-corrected chi connectivity index (χ3v) is 8.02. The topological polar surface area (TPSA) is 102 Å². The van der Waals surface area contributed by atoms with E-state index in [1.54, 1.807) is 55.6 Å². The summed E-state index contributed by atoms with van der Waals surface area (Å²) in [5, 5.41) is 3.48. The van der Waals surface area contributed by atoms with Crippen molar-refractivity contribution >= 4 is 40.8 Å². The number of carbonyl (C=O) groups is 1. The molecule has 0 bridgehead atoms. The Balaban J connectivity index is 1.43. The van der Waals surface area contributed by atoms with Gasteiger partial charge in [0.15, 0.2) is 11.5 Å². The molecular weight excluding hydrogens is 615 g/mol. The van der Waals surface area contributed by atoms with E-state index in [4.69, 9.17) is 30.5 Å². The maximum Gasteiger partial charge on any atom is 0.421 e. The minimum atomic E-state index is -0.757. The number of likely N-dealkylation sites (N-methyl/N-ethyl adjacent to an activating group) is 1. The maximum atomic E-state index is 15.3. The number of halogens is 2. The van der Waals surface area contributed by atoms with Gasteiger partial charge in [-0.3, -0.25) is 4.90 Å². The Labute approximate surface area is 272 Å². The molecule has 1 amide bonds. The van der Waals surface area contributed by atoms with Crippen LogP contribution in [0, 0.1) is 5.82 Å². The average molecular weight is 651 g/mol. The number of benzene rings is 3. The smallest absolute Gasteiger partial charge is 0.421 e. The van der Waals surface area contributed by atoms with E-state index < -0.39 is 6.09 Å². The van der Waals surface area contributed by atoms with E-state index >= 15 is 4.39 Å². The standard InChI is InChI=1S/C33H36ClFN6O5/c1-21-19-40(15-14-39(21)2)27-9-7-24(18-26(27)35)37-32-36-13-12-31(38-32)41(20-22-16-25(43-3)8-11-28(22)44-4)33(42)46-29-10-6-23(34)17-30(29)45-5/h6-13,16-18,21H,14-15,19-20H2,1-5H3,(H,36,37,38). The van der Waals surface area contributed by atoms with Crippen LogP contribution in [0.3, 0.4) is 0 Å². The third kappa shape index (κ3) is 7.52. The number of amides is 1. The van der Waals surface area contributed by atoms with Crippen LogP contribution in [0.2, 0.25) is 5.02 Å². The number of rotatable bonds is 10. The molecule has 1 aliphatic rings. The van der Waals surface area contributed by atoms with Crippen LogP contribution < -0.4 is 34.1 Å². The van der Waals surface area contributed by atoms with E-state index in [0.717, 1.165) is 19.6 Å². The molecule has 1 aliphatic heterocycles. The van der Waals surface area contributed by atoms with Gasteiger partial charge >= 0.3 is 6.09 Å². The van der Waals surface area contributed by atoms with Gasteiger partial charge in [-0.25, -0.2) is 14.2 Å². The van der Waals surface area contributed by atoms with Crippen molar-refractivity contribution in [3.63, 3.8) is 0 Å². The summed E-state index contributed by atoms with van der Waals surface area (Å²) >= 11 is 6.10. The second kappa shape index (κ2) is 14.5. The number of carbonyl (C=O) groups excluding carboxylic acids is 1. The van der Waals surface area contributed by atoms with Crippen LogP contribution >= 0.6 is 11.6 Å². The molecule has 3 aromatic carbocycles. The molecular formula is C33H36ClFN6O5. The number of methoxy groups -OCH3 is 3. The average Bonchev–Trinajstić information content (AvgIpc) is 3.05. The van der Waals surface area contributed by atoms with E-state index in [-0.39, 0.29) is 35.6 Å². The first-order valence-electron chi connectivity index (χ1n) is 14.6. The van der Waals surface area contributed by atoms with Crippen molar-refractivity contribution in [2.24, 2.45) is 0 Å². The highest BCUT2D eigenvalue weighted by Gasteiger charge is 2.25. The number of hydrogen-bond acceptors (Lipinski definition) is 10. The summed E-state index contributed by atoms with van der Waals surface area (Å²) in [6.07, 6.45) is 0.736. The molecule has 4 aromatic rings. The van der Waals surface area contributed by atoms with E-state index in [9.17, 15) is 4.79 Å². The fourth-order valence-electron chi connectivity index (χ4n) is 5.09. The van der Waals surface area contributed by atoms with E-state index in [1.807, 2.05) is 4.90 Å². The molecule has 1 aromatic heterocycles. The van der Waals surface area contributed by atoms with Gasteiger partial charge < -0.3 is 34.1 Å². The summed E-state index contributed by atoms with van der Waals surface area (Å²) in [5.41, 5.74) is 1.62. The fourth-order valence-corrected chi connectivity index (χ4v) is 5.25. The molecule has 11 nitrogen and oxygen atoms in total. The summed E-state index contributed by atoms with van der Waals surface area (Å²) in [4.78, 5) is 28.3. The van der Waals surface area contributed by atoms with Crippen LogP contribution in [-0.4, -0.2) is 75.0 Å². The van der Waals surface area contributed by atoms with E-state index in [0.29, 0.717) is 39.5 Å². The molecule has 5 rings (SSSR count). The number of nitrogens with one attached hydrogen (secondary N) is 1. The van der Waals surface area contributed by atoms with Crippen LogP contribution in [0.4, 0.5) is 32.3 Å². The second-order valence-electron chi connectivity index (χ2n) is 10.7. The number of aromatic nitrogens is 2. The zero-order valence-corrected chi connectivity index (χ0v) is 27.0. The Morgan fingerprint density at radius 3 is 2.50 bits per heavy atom. The summed E-state index contributed by atoms with van der Waals surface area (Å²) in [7, 11) is 6.61. The van der Waals surface area contributed by atoms with E-state index in [1.165, 1.54) is 37.4 Å². The predicted octanol–water partition coefficient (Wildman–Crippen LogP) is 6.38. The van der Waals surface area contributed by atoms with Crippen molar-refractivity contribution in [2.45, 2.75) is 19.5 Å². The summed E-state index contributed by atoms with van der Waals surface area (Å²) in [6, 6.07) is 16.7. The van der Waals surface area contributed by atoms with Gasteiger partial charge in [0.05, 0.1) is 33.6 Å². The first-order chi connectivity index (χ1) is 22.2. The van der Waals surface area contributed by atoms with Crippen LogP contribution in [0.5, 0.6) is 23.0 Å². The van der Waals surface area contributed by atoms with Gasteiger partial charge in [-0.05, 0) is 68.6 Å². The van der Waals surface area contributed by atoms with Gasteiger partial charge in [-0.15, -0.1) is 0 Å². The summed E-state index contributed by atoms with van der Waals surface area (Å²) in [5.74, 6) is 1.55. The molecule has 2 heterocycles. The van der Waals surface area contributed by atoms with Gasteiger partial charge in [-0.2, -0.15) is 4.98 Å². The molecule has 1 fully saturated rings. The van der Waals surface area contributed by atoms with Crippen molar-refractivity contribution in [3.8, 4) is 23.0 Å². The Morgan fingerprint density at radius 2 is 1.78 bits per heavy atom. The van der Waals surface area contributed by atoms with Gasteiger partial charge in [0.2, 0.25) is 5.95 Å². The quantitative estimate of drug-likeness (QED) is 0.208. The predicted molar refractivity (Wildman–Crippen MR) is 176 cm³/mol. The molecule has 0 spiro atoms. The third-order valence-electron chi connectivity index (χ3n) is 7.78. The Hall–Kier alpha value is -4.81. The van der Waals surface area contributed by atoms with Crippen LogP contribution in [0.25, 0.3) is 0 Å². The highest BCUT2D eigenvalue weighted by Crippen LogP contribution is 2.33. The SMILES string of the molecule is COc1ccc(OC)c(CN(C(=O)Oc2ccc(Cl)cc2OC)c2ccnc(Nc3ccc(N4CCN(C)C(C)C4)c(F)c3)n2)c1. The summed E-state index contributed by atoms with van der Waals surface area (Å²) in [6.45, 7) is 4.45. The largest absolute Gasteiger partial charge is 0.497 e. The number of hydrogen-bond donors (Lipinski definition) is 1. The first kappa shape index (κ1) is 32.6. The van der Waals surface area contributed by atoms with Crippen LogP contribution in [0.15, 0.2) is 66.9 Å². The maximum absolute atomic E-state index is 15.3. The van der Waals surface area contributed by atoms with Crippen LogP contribution in [-0.2, 0) is 6.54 Å². The molecule has 13 heteroatoms. The number of anilines is 4. The van der Waals surface area contributed by atoms with Gasteiger partial charge in [0.25, 0.3) is 0 Å². The summed E-state index contributed by atoms with van der Waals surface area (Å²) < 4.78 is 37.4. The molecule has 46 heavy (non-hydrogen) atoms. The molecule has 0 aliphatic carbocycles. The Kier molecular flexibility index (Phi) is 10.3. The Morgan fingerprint density at radius 1 is 1.00 bits per heavy atom. The zero-order chi connectivity index (χ0) is 32.8. The van der Waals surface area contributed by atoms with Crippen molar-refractivity contribution in [1.82, 2.24) is 14.9 Å². The Bertz CT molecular complexity index is 1690. The lowest BCUT2D eigenvalue weighted by Gasteiger charge is -2.39. The number of nitrogens with zero attached hydrogens (tertiary/aromatic N) is 5. The van der Waals surface area contributed by atoms with Crippen LogP contribution in [0.1, 0.15) is 12.5 Å². The van der Waals surface area contributed by atoms with Gasteiger partial charge in [0.1, 0.15) is 23.1 Å². The van der Waals surface area contributed by atoms with Crippen molar-refractivity contribution in [3.05, 3.63) is 83.3 Å². The van der Waals surface area contributed by atoms with Crippen molar-refractivity contribution < 1.29 is 28.1 Å². The second-order valence-corrected chi connectivity index (χ2v) is 11.2. The lowest BCUT2D eigenvalue weighted by atomic mass is 10.1. The monoisotopic (exact) mass is 650 g/mol. The minimum Gasteiger partial charge on any atom is -0.497 e. The highest BCUT2D eigenvalue weighted by molar-refractivity contribution is 6.30. The molecule has 0 saturated carbocycles. The minimum absolute atomic E-state index is 0.00165. The molecule has 242 valence electrons. The van der Waals surface area contributed by atoms with E-state index in [2.05, 4.69) is 34.2 Å². The number of piperazine rings is 1. The number of ether oxygens (including phenoxy) is 4. The lowest BCUT2D eigenvalue weighted by molar-refractivity contribution is 0.204. The normalized spacial score (nSPS) is 14.8. The molecule has 1 saturated heterocycles. The molecule has 0 radical (unpaired) electrons. The van der Waals surface area contributed by atoms with Crippen molar-refractivity contribution in [1.29, 1.82) is 0 Å². The molecule has 1 N–H and O–H groups in total. The first-order valence-corrected chi connectivity index (χ1v) is 15.0. The molecule has 1 atom stereocenters. The lowest BCUT2D eigenvalue weighted by Crippen LogP contribution is -2.50. The fraction of sp³-hybridized carbons (Fsp3) is 0.303. The van der Waals surface area contributed by atoms with Gasteiger partial charge in [-0.1, -0.05) is 11.6 Å². The molecule has 1 unspecified atom stereocenters. The zero-order valence-electron chi connectivity index (χ0n) is 26.3. The van der Waals surface area contributed by atoms with Gasteiger partial charge in [0, 0.05) is 54.2 Å². The van der Waals surface area contributed by atoms with Crippen molar-refractivity contribution in [2.75, 3.05) is 63.1 Å². The highest BCUT2D eigenvalue weighted by atomic mass is 35.5.